The molecule has 0 aromatic heterocycles. The number of nitrogens with one attached hydrogen (secondary N) is 2. The standard InChI is InChI=1S/C24H27F3N2O2S/c1-5-18-10-11-19-8-6-7-9-20(19)22(18)28-14-21(24(25,26)27)29-32(30,31)23-16(3)12-15(2)13-17(23)4/h6-13,21,28-29H,5,14H2,1-4H3. The number of sulfonamides is 1. The molecule has 0 aliphatic rings. The lowest BCUT2D eigenvalue weighted by Gasteiger charge is -2.24. The summed E-state index contributed by atoms with van der Waals surface area (Å²) in [5.74, 6) is 0. The van der Waals surface area contributed by atoms with Crippen LogP contribution in [0.4, 0.5) is 18.9 Å². The van der Waals surface area contributed by atoms with Gasteiger partial charge < -0.3 is 5.32 Å². The van der Waals surface area contributed by atoms with Crippen LogP contribution in [0, 0.1) is 20.8 Å². The Morgan fingerprint density at radius 3 is 2.19 bits per heavy atom. The van der Waals surface area contributed by atoms with Gasteiger partial charge in [-0.3, -0.25) is 0 Å². The number of aryl methyl sites for hydroxylation is 4. The number of alkyl halides is 3. The van der Waals surface area contributed by atoms with Crippen LogP contribution in [0.5, 0.6) is 0 Å². The van der Waals surface area contributed by atoms with Crippen LogP contribution in [-0.2, 0) is 16.4 Å². The van der Waals surface area contributed by atoms with E-state index in [4.69, 9.17) is 0 Å². The minimum absolute atomic E-state index is 0.114. The van der Waals surface area contributed by atoms with Crippen molar-refractivity contribution in [3.05, 3.63) is 70.8 Å². The molecule has 1 atom stereocenters. The van der Waals surface area contributed by atoms with E-state index >= 15 is 0 Å². The highest BCUT2D eigenvalue weighted by atomic mass is 32.2. The first-order valence-electron chi connectivity index (χ1n) is 10.4. The maximum absolute atomic E-state index is 13.9. The molecule has 0 heterocycles. The average molecular weight is 465 g/mol. The summed E-state index contributed by atoms with van der Waals surface area (Å²) in [6.07, 6.45) is -4.15. The molecule has 0 amide bonds. The number of fused-ring (bicyclic) bond motifs is 1. The van der Waals surface area contributed by atoms with Gasteiger partial charge in [0, 0.05) is 17.6 Å². The number of rotatable bonds is 7. The monoisotopic (exact) mass is 464 g/mol. The first-order valence-corrected chi connectivity index (χ1v) is 11.8. The quantitative estimate of drug-likeness (QED) is 0.475. The van der Waals surface area contributed by atoms with E-state index in [0.29, 0.717) is 23.2 Å². The zero-order valence-corrected chi connectivity index (χ0v) is 19.3. The number of hydrogen-bond acceptors (Lipinski definition) is 3. The summed E-state index contributed by atoms with van der Waals surface area (Å²) in [5, 5.41) is 4.56. The minimum Gasteiger partial charge on any atom is -0.382 e. The molecule has 0 aliphatic carbocycles. The zero-order valence-electron chi connectivity index (χ0n) is 18.5. The van der Waals surface area contributed by atoms with Crippen LogP contribution in [0.2, 0.25) is 0 Å². The predicted molar refractivity (Wildman–Crippen MR) is 123 cm³/mol. The van der Waals surface area contributed by atoms with Crippen LogP contribution < -0.4 is 10.0 Å². The van der Waals surface area contributed by atoms with Gasteiger partial charge in [0.15, 0.2) is 0 Å². The van der Waals surface area contributed by atoms with Crippen molar-refractivity contribution in [1.82, 2.24) is 4.72 Å². The van der Waals surface area contributed by atoms with Crippen LogP contribution in [0.3, 0.4) is 0 Å². The Bertz CT molecular complexity index is 1210. The van der Waals surface area contributed by atoms with Crippen LogP contribution >= 0.6 is 0 Å². The van der Waals surface area contributed by atoms with Crippen molar-refractivity contribution in [3.63, 3.8) is 0 Å². The third kappa shape index (κ3) is 5.07. The molecule has 172 valence electrons. The van der Waals surface area contributed by atoms with Gasteiger partial charge in [0.1, 0.15) is 6.04 Å². The molecule has 0 bridgehead atoms. The average Bonchev–Trinajstić information content (AvgIpc) is 2.68. The molecule has 0 spiro atoms. The maximum Gasteiger partial charge on any atom is 0.406 e. The number of benzene rings is 3. The van der Waals surface area contributed by atoms with E-state index in [0.717, 1.165) is 21.9 Å². The molecule has 1 unspecified atom stereocenters. The first kappa shape index (κ1) is 24.1. The number of anilines is 1. The molecule has 3 aromatic carbocycles. The lowest BCUT2D eigenvalue weighted by atomic mass is 10.0. The molecule has 0 fully saturated rings. The van der Waals surface area contributed by atoms with Crippen molar-refractivity contribution < 1.29 is 21.6 Å². The zero-order chi connectivity index (χ0) is 23.7. The second-order valence-corrected chi connectivity index (χ2v) is 9.65. The fraction of sp³-hybridized carbons (Fsp3) is 0.333. The molecular formula is C24H27F3N2O2S. The van der Waals surface area contributed by atoms with E-state index < -0.39 is 28.8 Å². The van der Waals surface area contributed by atoms with Gasteiger partial charge in [-0.2, -0.15) is 17.9 Å². The first-order chi connectivity index (χ1) is 14.9. The smallest absolute Gasteiger partial charge is 0.382 e. The van der Waals surface area contributed by atoms with Gasteiger partial charge in [-0.05, 0) is 49.3 Å². The van der Waals surface area contributed by atoms with Gasteiger partial charge in [-0.25, -0.2) is 8.42 Å². The third-order valence-corrected chi connectivity index (χ3v) is 7.22. The van der Waals surface area contributed by atoms with Crippen LogP contribution in [0.1, 0.15) is 29.2 Å². The summed E-state index contributed by atoms with van der Waals surface area (Å²) in [7, 11) is -4.39. The van der Waals surface area contributed by atoms with E-state index in [1.807, 2.05) is 55.0 Å². The lowest BCUT2D eigenvalue weighted by molar-refractivity contribution is -0.148. The maximum atomic E-state index is 13.9. The van der Waals surface area contributed by atoms with E-state index in [2.05, 4.69) is 5.32 Å². The van der Waals surface area contributed by atoms with Crippen LogP contribution in [0.15, 0.2) is 53.4 Å². The van der Waals surface area contributed by atoms with Gasteiger partial charge >= 0.3 is 6.18 Å². The molecule has 32 heavy (non-hydrogen) atoms. The topological polar surface area (TPSA) is 58.2 Å². The fourth-order valence-corrected chi connectivity index (χ4v) is 5.76. The highest BCUT2D eigenvalue weighted by Crippen LogP contribution is 2.30. The summed E-state index contributed by atoms with van der Waals surface area (Å²) in [6, 6.07) is 12.2. The summed E-state index contributed by atoms with van der Waals surface area (Å²) in [5.41, 5.74) is 3.10. The van der Waals surface area contributed by atoms with Gasteiger partial charge in [-0.1, -0.05) is 61.0 Å². The van der Waals surface area contributed by atoms with E-state index in [-0.39, 0.29) is 4.90 Å². The Morgan fingerprint density at radius 1 is 0.969 bits per heavy atom. The SMILES string of the molecule is CCc1ccc2ccccc2c1NCC(NS(=O)(=O)c1c(C)cc(C)cc1C)C(F)(F)F. The second kappa shape index (κ2) is 9.11. The molecule has 4 nitrogen and oxygen atoms in total. The highest BCUT2D eigenvalue weighted by Gasteiger charge is 2.42. The summed E-state index contributed by atoms with van der Waals surface area (Å²) < 4.78 is 69.4. The molecule has 0 radical (unpaired) electrons. The van der Waals surface area contributed by atoms with Crippen molar-refractivity contribution in [1.29, 1.82) is 0 Å². The van der Waals surface area contributed by atoms with E-state index in [9.17, 15) is 21.6 Å². The molecule has 0 aliphatic heterocycles. The van der Waals surface area contributed by atoms with Crippen LogP contribution in [-0.4, -0.2) is 27.2 Å². The highest BCUT2D eigenvalue weighted by molar-refractivity contribution is 7.89. The van der Waals surface area contributed by atoms with Crippen LogP contribution in [0.25, 0.3) is 10.8 Å². The molecule has 3 aromatic rings. The minimum atomic E-state index is -4.77. The largest absolute Gasteiger partial charge is 0.406 e. The number of hydrogen-bond donors (Lipinski definition) is 2. The van der Waals surface area contributed by atoms with E-state index in [1.54, 1.807) is 26.0 Å². The van der Waals surface area contributed by atoms with Crippen molar-refractivity contribution in [2.45, 2.75) is 51.2 Å². The van der Waals surface area contributed by atoms with E-state index in [1.165, 1.54) is 0 Å². The van der Waals surface area contributed by atoms with Crippen molar-refractivity contribution in [2.75, 3.05) is 11.9 Å². The Hall–Kier alpha value is -2.58. The van der Waals surface area contributed by atoms with Gasteiger partial charge in [0.2, 0.25) is 10.0 Å². The second-order valence-electron chi connectivity index (χ2n) is 8.00. The number of halogens is 3. The normalized spacial score (nSPS) is 13.3. The van der Waals surface area contributed by atoms with Gasteiger partial charge in [-0.15, -0.1) is 0 Å². The Morgan fingerprint density at radius 2 is 1.59 bits per heavy atom. The van der Waals surface area contributed by atoms with Crippen molar-refractivity contribution in [3.8, 4) is 0 Å². The molecule has 2 N–H and O–H groups in total. The molecule has 0 saturated heterocycles. The lowest BCUT2D eigenvalue weighted by Crippen LogP contribution is -2.49. The fourth-order valence-electron chi connectivity index (χ4n) is 4.09. The Balaban J connectivity index is 1.94. The van der Waals surface area contributed by atoms with Gasteiger partial charge in [0.25, 0.3) is 0 Å². The molecule has 0 saturated carbocycles. The van der Waals surface area contributed by atoms with Crippen molar-refractivity contribution in [2.24, 2.45) is 0 Å². The Labute approximate surface area is 186 Å². The molecular weight excluding hydrogens is 437 g/mol. The summed E-state index contributed by atoms with van der Waals surface area (Å²) in [6.45, 7) is 6.26. The molecule has 8 heteroatoms. The summed E-state index contributed by atoms with van der Waals surface area (Å²) >= 11 is 0. The summed E-state index contributed by atoms with van der Waals surface area (Å²) in [4.78, 5) is -0.114. The Kier molecular flexibility index (Phi) is 6.86. The third-order valence-electron chi connectivity index (χ3n) is 5.45. The molecule has 3 rings (SSSR count). The van der Waals surface area contributed by atoms with Crippen molar-refractivity contribution >= 4 is 26.5 Å². The van der Waals surface area contributed by atoms with Gasteiger partial charge in [0.05, 0.1) is 4.90 Å². The predicted octanol–water partition coefficient (Wildman–Crippen LogP) is 5.65.